The van der Waals surface area contributed by atoms with Crippen LogP contribution in [0.2, 0.25) is 0 Å². The Labute approximate surface area is 146 Å². The van der Waals surface area contributed by atoms with Gasteiger partial charge in [-0.2, -0.15) is 0 Å². The Kier molecular flexibility index (Phi) is 8.78. The zero-order valence-electron chi connectivity index (χ0n) is 14.6. The summed E-state index contributed by atoms with van der Waals surface area (Å²) in [5.74, 6) is -0.900. The van der Waals surface area contributed by atoms with Crippen molar-refractivity contribution in [3.63, 3.8) is 0 Å². The Balaban J connectivity index is 2.47. The van der Waals surface area contributed by atoms with Crippen molar-refractivity contribution >= 4 is 18.0 Å². The molecule has 0 saturated heterocycles. The molecule has 0 unspecified atom stereocenters. The molecule has 1 N–H and O–H groups in total. The van der Waals surface area contributed by atoms with Gasteiger partial charge in [0.1, 0.15) is 12.4 Å². The van der Waals surface area contributed by atoms with E-state index in [9.17, 15) is 14.4 Å². The Morgan fingerprint density at radius 1 is 1.04 bits per heavy atom. The van der Waals surface area contributed by atoms with Crippen molar-refractivity contribution in [2.45, 2.75) is 26.8 Å². The minimum Gasteiger partial charge on any atom is -0.463 e. The number of rotatable bonds is 8. The molecule has 1 amide bonds. The van der Waals surface area contributed by atoms with E-state index in [0.717, 1.165) is 12.2 Å². The fourth-order valence-electron chi connectivity index (χ4n) is 1.72. The van der Waals surface area contributed by atoms with Crippen LogP contribution in [0.3, 0.4) is 0 Å². The van der Waals surface area contributed by atoms with Crippen molar-refractivity contribution < 1.29 is 28.6 Å². The van der Waals surface area contributed by atoms with Gasteiger partial charge in [-0.05, 0) is 25.0 Å². The van der Waals surface area contributed by atoms with Gasteiger partial charge in [-0.25, -0.2) is 14.4 Å². The Bertz CT molecular complexity index is 597. The molecule has 0 bridgehead atoms. The maximum absolute atomic E-state index is 11.9. The van der Waals surface area contributed by atoms with Crippen LogP contribution in [0.1, 0.15) is 20.8 Å². The van der Waals surface area contributed by atoms with Crippen LogP contribution in [0.15, 0.2) is 42.5 Å². The average molecular weight is 349 g/mol. The average Bonchev–Trinajstić information content (AvgIpc) is 2.57. The highest BCUT2D eigenvalue weighted by Crippen LogP contribution is 2.09. The van der Waals surface area contributed by atoms with E-state index in [-0.39, 0.29) is 19.1 Å². The maximum Gasteiger partial charge on any atom is 0.412 e. The highest BCUT2D eigenvalue weighted by molar-refractivity contribution is 5.91. The fourth-order valence-corrected chi connectivity index (χ4v) is 1.72. The predicted octanol–water partition coefficient (Wildman–Crippen LogP) is 2.46. The summed E-state index contributed by atoms with van der Waals surface area (Å²) < 4.78 is 14.8. The molecule has 0 fully saturated rings. The van der Waals surface area contributed by atoms with E-state index < -0.39 is 24.1 Å². The number of ether oxygens (including phenoxy) is 3. The zero-order valence-corrected chi connectivity index (χ0v) is 14.6. The van der Waals surface area contributed by atoms with E-state index in [4.69, 9.17) is 9.47 Å². The predicted molar refractivity (Wildman–Crippen MR) is 91.0 cm³/mol. The third-order valence-corrected chi connectivity index (χ3v) is 3.11. The fraction of sp³-hybridized carbons (Fsp3) is 0.389. The number of benzene rings is 1. The first-order valence-corrected chi connectivity index (χ1v) is 7.97. The number of amides is 1. The molecule has 0 aliphatic heterocycles. The Morgan fingerprint density at radius 2 is 1.64 bits per heavy atom. The van der Waals surface area contributed by atoms with Crippen LogP contribution >= 0.6 is 0 Å². The third-order valence-electron chi connectivity index (χ3n) is 3.11. The van der Waals surface area contributed by atoms with E-state index in [1.54, 1.807) is 31.2 Å². The number of carbonyl (C=O) groups is 3. The standard InChI is InChI=1S/C18H23NO6/c1-4-23-16(20)10-11-17(21)24-12-15(13(2)3)19-18(22)25-14-8-6-5-7-9-14/h5-11,13,15H,4,12H2,1-3H3,(H,19,22)/b11-10+/t15-/m1/s1. The van der Waals surface area contributed by atoms with E-state index in [0.29, 0.717) is 5.75 Å². The molecular weight excluding hydrogens is 326 g/mol. The minimum atomic E-state index is -0.697. The molecule has 0 spiro atoms. The summed E-state index contributed by atoms with van der Waals surface area (Å²) in [5, 5.41) is 2.65. The second-order valence-corrected chi connectivity index (χ2v) is 5.41. The molecule has 25 heavy (non-hydrogen) atoms. The van der Waals surface area contributed by atoms with Crippen LogP contribution < -0.4 is 10.1 Å². The van der Waals surface area contributed by atoms with Crippen LogP contribution in [-0.2, 0) is 19.1 Å². The lowest BCUT2D eigenvalue weighted by atomic mass is 10.1. The molecule has 136 valence electrons. The number of hydrogen-bond acceptors (Lipinski definition) is 6. The third kappa shape index (κ3) is 8.55. The van der Waals surface area contributed by atoms with Crippen molar-refractivity contribution in [1.29, 1.82) is 0 Å². The first-order valence-electron chi connectivity index (χ1n) is 7.97. The lowest BCUT2D eigenvalue weighted by Gasteiger charge is -2.21. The van der Waals surface area contributed by atoms with E-state index in [1.165, 1.54) is 0 Å². The normalized spacial score (nSPS) is 11.8. The molecule has 0 saturated carbocycles. The summed E-state index contributed by atoms with van der Waals surface area (Å²) in [5.41, 5.74) is 0. The van der Waals surface area contributed by atoms with Crippen molar-refractivity contribution in [3.8, 4) is 5.75 Å². The molecule has 1 rings (SSSR count). The maximum atomic E-state index is 11.9. The summed E-state index contributed by atoms with van der Waals surface area (Å²) in [7, 11) is 0. The number of carbonyl (C=O) groups excluding carboxylic acids is 3. The first-order chi connectivity index (χ1) is 11.9. The smallest absolute Gasteiger partial charge is 0.412 e. The van der Waals surface area contributed by atoms with Gasteiger partial charge < -0.3 is 19.5 Å². The quantitative estimate of drug-likeness (QED) is 0.573. The highest BCUT2D eigenvalue weighted by atomic mass is 16.6. The van der Waals surface area contributed by atoms with Gasteiger partial charge in [-0.3, -0.25) is 0 Å². The van der Waals surface area contributed by atoms with E-state index in [1.807, 2.05) is 19.9 Å². The highest BCUT2D eigenvalue weighted by Gasteiger charge is 2.19. The number of para-hydroxylation sites is 1. The topological polar surface area (TPSA) is 90.9 Å². The summed E-state index contributed by atoms with van der Waals surface area (Å²) in [6.07, 6.45) is 1.34. The molecule has 7 nitrogen and oxygen atoms in total. The van der Waals surface area contributed by atoms with Gasteiger partial charge in [0.25, 0.3) is 0 Å². The van der Waals surface area contributed by atoms with Gasteiger partial charge in [0.15, 0.2) is 0 Å². The Morgan fingerprint density at radius 3 is 2.20 bits per heavy atom. The monoisotopic (exact) mass is 349 g/mol. The van der Waals surface area contributed by atoms with Crippen LogP contribution in [0, 0.1) is 5.92 Å². The minimum absolute atomic E-state index is 0.00478. The van der Waals surface area contributed by atoms with Crippen LogP contribution in [0.25, 0.3) is 0 Å². The molecule has 0 radical (unpaired) electrons. The largest absolute Gasteiger partial charge is 0.463 e. The second kappa shape index (κ2) is 10.9. The summed E-state index contributed by atoms with van der Waals surface area (Å²) in [6, 6.07) is 8.19. The second-order valence-electron chi connectivity index (χ2n) is 5.41. The van der Waals surface area contributed by atoms with Gasteiger partial charge in [-0.15, -0.1) is 0 Å². The first kappa shape index (κ1) is 20.2. The Hall–Kier alpha value is -2.83. The zero-order chi connectivity index (χ0) is 18.7. The lowest BCUT2D eigenvalue weighted by molar-refractivity contribution is -0.140. The van der Waals surface area contributed by atoms with Crippen molar-refractivity contribution in [3.05, 3.63) is 42.5 Å². The van der Waals surface area contributed by atoms with Gasteiger partial charge in [0.2, 0.25) is 0 Å². The van der Waals surface area contributed by atoms with Crippen molar-refractivity contribution in [1.82, 2.24) is 5.32 Å². The summed E-state index contributed by atoms with van der Waals surface area (Å²) in [4.78, 5) is 34.6. The SMILES string of the molecule is CCOC(=O)/C=C/C(=O)OC[C@@H](NC(=O)Oc1ccccc1)C(C)C. The van der Waals surface area contributed by atoms with Crippen molar-refractivity contribution in [2.75, 3.05) is 13.2 Å². The molecule has 1 atom stereocenters. The molecule has 7 heteroatoms. The molecule has 0 heterocycles. The molecule has 1 aromatic carbocycles. The number of hydrogen-bond donors (Lipinski definition) is 1. The molecule has 0 aliphatic carbocycles. The van der Waals surface area contributed by atoms with Gasteiger partial charge >= 0.3 is 18.0 Å². The molecule has 1 aromatic rings. The lowest BCUT2D eigenvalue weighted by Crippen LogP contribution is -2.43. The number of esters is 2. The molecular formula is C18H23NO6. The van der Waals surface area contributed by atoms with E-state index >= 15 is 0 Å². The van der Waals surface area contributed by atoms with Crippen LogP contribution in [0.5, 0.6) is 5.75 Å². The van der Waals surface area contributed by atoms with Gasteiger partial charge in [-0.1, -0.05) is 32.0 Å². The molecule has 0 aliphatic rings. The number of nitrogens with one attached hydrogen (secondary N) is 1. The van der Waals surface area contributed by atoms with Crippen LogP contribution in [0.4, 0.5) is 4.79 Å². The van der Waals surface area contributed by atoms with Crippen molar-refractivity contribution in [2.24, 2.45) is 5.92 Å². The van der Waals surface area contributed by atoms with Crippen LogP contribution in [-0.4, -0.2) is 37.3 Å². The van der Waals surface area contributed by atoms with E-state index in [2.05, 4.69) is 10.1 Å². The summed E-state index contributed by atoms with van der Waals surface area (Å²) >= 11 is 0. The van der Waals surface area contributed by atoms with Gasteiger partial charge in [0.05, 0.1) is 12.6 Å². The summed E-state index contributed by atoms with van der Waals surface area (Å²) in [6.45, 7) is 5.58. The molecule has 0 aromatic heterocycles. The van der Waals surface area contributed by atoms with Gasteiger partial charge in [0, 0.05) is 12.2 Å².